The van der Waals surface area contributed by atoms with E-state index in [1.54, 1.807) is 24.3 Å². The van der Waals surface area contributed by atoms with Crippen LogP contribution in [0.3, 0.4) is 0 Å². The summed E-state index contributed by atoms with van der Waals surface area (Å²) in [6.07, 6.45) is 0.703. The van der Waals surface area contributed by atoms with Gasteiger partial charge in [0, 0.05) is 5.56 Å². The Bertz CT molecular complexity index is 626. The molecule has 26 heavy (non-hydrogen) atoms. The number of benzene rings is 1. The van der Waals surface area contributed by atoms with E-state index in [-0.39, 0.29) is 18.9 Å². The maximum atomic E-state index is 12.9. The molecule has 1 aliphatic heterocycles. The molecule has 0 radical (unpaired) electrons. The zero-order chi connectivity index (χ0) is 19.2. The summed E-state index contributed by atoms with van der Waals surface area (Å²) < 4.78 is 17.2. The first-order valence-electron chi connectivity index (χ1n) is 8.53. The summed E-state index contributed by atoms with van der Waals surface area (Å²) in [6.45, 7) is 4.28. The highest BCUT2D eigenvalue weighted by Crippen LogP contribution is 2.61. The summed E-state index contributed by atoms with van der Waals surface area (Å²) >= 11 is 0. The monoisotopic (exact) mass is 384 g/mol. The van der Waals surface area contributed by atoms with Crippen molar-refractivity contribution in [3.05, 3.63) is 29.8 Å². The molecule has 0 saturated carbocycles. The summed E-state index contributed by atoms with van der Waals surface area (Å²) in [5.74, 6) is -0.0483. The van der Waals surface area contributed by atoms with Gasteiger partial charge in [-0.25, -0.2) is 4.79 Å². The van der Waals surface area contributed by atoms with Gasteiger partial charge in [0.05, 0.1) is 32.5 Å². The molecular weight excluding hydrogens is 359 g/mol. The van der Waals surface area contributed by atoms with Crippen molar-refractivity contribution < 1.29 is 28.3 Å². The van der Waals surface area contributed by atoms with Crippen molar-refractivity contribution in [2.75, 3.05) is 31.5 Å². The molecule has 2 rings (SSSR count). The molecule has 1 saturated heterocycles. The first-order chi connectivity index (χ1) is 12.4. The Labute approximate surface area is 154 Å². The third-order valence-corrected chi connectivity index (χ3v) is 5.97. The van der Waals surface area contributed by atoms with Gasteiger partial charge in [0.1, 0.15) is 6.10 Å². The largest absolute Gasteiger partial charge is 0.612 e. The van der Waals surface area contributed by atoms with Crippen LogP contribution in [0.1, 0.15) is 37.0 Å². The van der Waals surface area contributed by atoms with Crippen molar-refractivity contribution in [3.8, 4) is 0 Å². The van der Waals surface area contributed by atoms with E-state index in [2.05, 4.69) is 5.32 Å². The van der Waals surface area contributed by atoms with Gasteiger partial charge in [-0.2, -0.15) is 13.7 Å². The minimum Gasteiger partial charge on any atom is -0.612 e. The van der Waals surface area contributed by atoms with Gasteiger partial charge in [-0.05, 0) is 37.6 Å². The van der Waals surface area contributed by atoms with E-state index in [9.17, 15) is 14.5 Å². The number of alkyl carbamates (subject to hydrolysis) is 1. The maximum Gasteiger partial charge on any atom is 0.407 e. The molecule has 1 heterocycles. The highest BCUT2D eigenvalue weighted by atomic mass is 31.2. The number of carbonyl (C=O) groups is 2. The van der Waals surface area contributed by atoms with E-state index >= 15 is 0 Å². The molecule has 1 aromatic rings. The number of ether oxygens (including phenoxy) is 1. The fraction of sp³-hybridized carbons (Fsp3) is 0.529. The molecule has 0 aliphatic carbocycles. The van der Waals surface area contributed by atoms with Crippen LogP contribution in [0.5, 0.6) is 0 Å². The SMILES string of the molecule is CCCCOC(=O)NCC1CN(c2ccc(C(C)=O)cc2)[P+]([O-])(OC)O1. The molecule has 1 fully saturated rings. The predicted molar refractivity (Wildman–Crippen MR) is 96.9 cm³/mol. The Hall–Kier alpha value is -1.73. The Kier molecular flexibility index (Phi) is 7.34. The maximum absolute atomic E-state index is 12.9. The van der Waals surface area contributed by atoms with Crippen molar-refractivity contribution in [2.45, 2.75) is 32.8 Å². The lowest BCUT2D eigenvalue weighted by molar-refractivity contribution is -0.215. The standard InChI is InChI=1S/C17H25N2O6P/c1-4-5-10-24-17(21)18-11-16-12-19(26(22,23-3)25-16)15-8-6-14(7-9-15)13(2)20/h6-9,16H,4-5,10-12H2,1-3H3,(H,18,21). The smallest absolute Gasteiger partial charge is 0.407 e. The van der Waals surface area contributed by atoms with Gasteiger partial charge in [0.25, 0.3) is 0 Å². The summed E-state index contributed by atoms with van der Waals surface area (Å²) in [4.78, 5) is 35.9. The van der Waals surface area contributed by atoms with Gasteiger partial charge in [0.2, 0.25) is 0 Å². The molecule has 0 aromatic heterocycles. The third kappa shape index (κ3) is 5.14. The zero-order valence-corrected chi connectivity index (χ0v) is 16.2. The van der Waals surface area contributed by atoms with Gasteiger partial charge in [-0.15, -0.1) is 0 Å². The zero-order valence-electron chi connectivity index (χ0n) is 15.3. The van der Waals surface area contributed by atoms with Gasteiger partial charge in [0.15, 0.2) is 5.78 Å². The number of amides is 1. The van der Waals surface area contributed by atoms with E-state index in [1.807, 2.05) is 6.92 Å². The Morgan fingerprint density at radius 2 is 2.08 bits per heavy atom. The lowest BCUT2D eigenvalue weighted by Crippen LogP contribution is -2.35. The van der Waals surface area contributed by atoms with E-state index in [0.717, 1.165) is 12.8 Å². The molecular formula is C17H25N2O6P. The number of carbonyl (C=O) groups excluding carboxylic acids is 2. The van der Waals surface area contributed by atoms with Crippen LogP contribution < -0.4 is 14.9 Å². The van der Waals surface area contributed by atoms with E-state index < -0.39 is 20.3 Å². The molecule has 2 atom stereocenters. The minimum absolute atomic E-state index is 0.0483. The van der Waals surface area contributed by atoms with E-state index in [0.29, 0.717) is 17.9 Å². The molecule has 9 heteroatoms. The molecule has 8 nitrogen and oxygen atoms in total. The summed E-state index contributed by atoms with van der Waals surface area (Å²) in [7, 11) is -2.20. The number of ketones is 1. The first kappa shape index (κ1) is 20.6. The molecule has 1 N–H and O–H groups in total. The number of hydrogen-bond acceptors (Lipinski definition) is 7. The lowest BCUT2D eigenvalue weighted by atomic mass is 10.1. The summed E-state index contributed by atoms with van der Waals surface area (Å²) in [5, 5.41) is 2.61. The van der Waals surface area contributed by atoms with Crippen LogP contribution in [0.15, 0.2) is 24.3 Å². The van der Waals surface area contributed by atoms with Crippen molar-refractivity contribution >= 4 is 25.7 Å². The van der Waals surface area contributed by atoms with Crippen LogP contribution in [0.2, 0.25) is 0 Å². The van der Waals surface area contributed by atoms with Crippen LogP contribution in [0.4, 0.5) is 10.5 Å². The number of nitrogens with one attached hydrogen (secondary N) is 1. The number of anilines is 1. The third-order valence-electron chi connectivity index (χ3n) is 3.96. The first-order valence-corrected chi connectivity index (χ1v) is 10.0. The number of rotatable bonds is 8. The van der Waals surface area contributed by atoms with Gasteiger partial charge >= 0.3 is 14.2 Å². The summed E-state index contributed by atoms with van der Waals surface area (Å²) in [6, 6.07) is 6.71. The molecule has 2 unspecified atom stereocenters. The van der Waals surface area contributed by atoms with Crippen LogP contribution in [-0.4, -0.2) is 44.8 Å². The molecule has 1 aromatic carbocycles. The fourth-order valence-corrected chi connectivity index (χ4v) is 4.20. The number of Topliss-reactive ketones (excluding diaryl/α,β-unsaturated/α-hetero) is 1. The van der Waals surface area contributed by atoms with Crippen molar-refractivity contribution in [3.63, 3.8) is 0 Å². The highest BCUT2D eigenvalue weighted by Gasteiger charge is 2.49. The van der Waals surface area contributed by atoms with Crippen molar-refractivity contribution in [1.29, 1.82) is 0 Å². The van der Waals surface area contributed by atoms with Gasteiger partial charge < -0.3 is 14.9 Å². The highest BCUT2D eigenvalue weighted by molar-refractivity contribution is 7.61. The predicted octanol–water partition coefficient (Wildman–Crippen LogP) is 2.31. The quantitative estimate of drug-likeness (QED) is 0.417. The van der Waals surface area contributed by atoms with Crippen molar-refractivity contribution in [2.24, 2.45) is 0 Å². The molecule has 144 valence electrons. The Balaban J connectivity index is 1.97. The normalized spacial score (nSPS) is 22.3. The molecule has 0 spiro atoms. The van der Waals surface area contributed by atoms with Gasteiger partial charge in [-0.1, -0.05) is 13.3 Å². The number of nitrogens with zero attached hydrogens (tertiary/aromatic N) is 1. The average molecular weight is 384 g/mol. The van der Waals surface area contributed by atoms with E-state index in [4.69, 9.17) is 13.8 Å². The van der Waals surface area contributed by atoms with Gasteiger partial charge in [-0.3, -0.25) is 4.79 Å². The fourth-order valence-electron chi connectivity index (χ4n) is 2.49. The van der Waals surface area contributed by atoms with Crippen LogP contribution in [-0.2, 0) is 13.8 Å². The number of unbranched alkanes of at least 4 members (excludes halogenated alkanes) is 1. The second kappa shape index (κ2) is 9.28. The molecule has 1 aliphatic rings. The topological polar surface area (TPSA) is 100 Å². The number of hydrogen-bond donors (Lipinski definition) is 1. The molecule has 1 amide bonds. The van der Waals surface area contributed by atoms with Crippen LogP contribution >= 0.6 is 8.09 Å². The summed E-state index contributed by atoms with van der Waals surface area (Å²) in [5.41, 5.74) is 1.18. The molecule has 0 bridgehead atoms. The minimum atomic E-state index is -3.51. The Morgan fingerprint density at radius 1 is 1.38 bits per heavy atom. The van der Waals surface area contributed by atoms with Crippen LogP contribution in [0, 0.1) is 0 Å². The lowest BCUT2D eigenvalue weighted by Gasteiger charge is -2.29. The van der Waals surface area contributed by atoms with E-state index in [1.165, 1.54) is 18.7 Å². The average Bonchev–Trinajstić information content (AvgIpc) is 2.97. The second-order valence-corrected chi connectivity index (χ2v) is 7.93. The van der Waals surface area contributed by atoms with Crippen molar-refractivity contribution in [1.82, 2.24) is 5.32 Å². The van der Waals surface area contributed by atoms with Crippen LogP contribution in [0.25, 0.3) is 0 Å². The Morgan fingerprint density at radius 3 is 2.65 bits per heavy atom. The second-order valence-electron chi connectivity index (χ2n) is 5.93.